The highest BCUT2D eigenvalue weighted by Crippen LogP contribution is 2.06. The van der Waals surface area contributed by atoms with Crippen LogP contribution in [0.15, 0.2) is 18.5 Å². The van der Waals surface area contributed by atoms with E-state index in [4.69, 9.17) is 5.11 Å². The maximum absolute atomic E-state index is 11.9. The summed E-state index contributed by atoms with van der Waals surface area (Å²) >= 11 is 0. The summed E-state index contributed by atoms with van der Waals surface area (Å²) in [6.07, 6.45) is 3.84. The highest BCUT2D eigenvalue weighted by Gasteiger charge is 2.17. The van der Waals surface area contributed by atoms with Gasteiger partial charge in [0, 0.05) is 32.1 Å². The van der Waals surface area contributed by atoms with Gasteiger partial charge in [-0.15, -0.1) is 0 Å². The fourth-order valence-electron chi connectivity index (χ4n) is 1.74. The first-order valence-corrected chi connectivity index (χ1v) is 6.43. The fourth-order valence-corrected chi connectivity index (χ4v) is 1.74. The molecule has 1 rings (SSSR count). The number of amides is 1. The molecule has 6 heteroatoms. The number of nitrogens with zero attached hydrogens (tertiary/aromatic N) is 3. The van der Waals surface area contributed by atoms with Gasteiger partial charge in [0.2, 0.25) is 11.9 Å². The molecular formula is C13H22N4O2. The Hall–Kier alpha value is -1.69. The molecule has 1 aromatic heterocycles. The molecule has 6 nitrogen and oxygen atoms in total. The fraction of sp³-hybridized carbons (Fsp3) is 0.615. The first kappa shape index (κ1) is 15.4. The van der Waals surface area contributed by atoms with E-state index in [-0.39, 0.29) is 31.0 Å². The molecule has 0 fully saturated rings. The molecule has 0 bridgehead atoms. The summed E-state index contributed by atoms with van der Waals surface area (Å²) in [6, 6.07) is 1.72. The molecule has 1 heterocycles. The maximum atomic E-state index is 11.9. The molecule has 1 unspecified atom stereocenters. The van der Waals surface area contributed by atoms with Crippen LogP contribution in [0, 0.1) is 5.92 Å². The van der Waals surface area contributed by atoms with Crippen LogP contribution in [0.4, 0.5) is 5.95 Å². The topological polar surface area (TPSA) is 78.4 Å². The van der Waals surface area contributed by atoms with Gasteiger partial charge in [-0.1, -0.05) is 13.8 Å². The first-order valence-electron chi connectivity index (χ1n) is 6.43. The third-order valence-electron chi connectivity index (χ3n) is 2.87. The van der Waals surface area contributed by atoms with E-state index in [0.29, 0.717) is 12.4 Å². The van der Waals surface area contributed by atoms with E-state index in [2.05, 4.69) is 15.3 Å². The number of aliphatic hydroxyl groups is 1. The van der Waals surface area contributed by atoms with Gasteiger partial charge in [0.15, 0.2) is 0 Å². The van der Waals surface area contributed by atoms with Crippen molar-refractivity contribution in [2.45, 2.75) is 26.3 Å². The van der Waals surface area contributed by atoms with Crippen LogP contribution in [-0.4, -0.2) is 47.2 Å². The number of rotatable bonds is 7. The number of aromatic nitrogens is 2. The predicted molar refractivity (Wildman–Crippen MR) is 73.8 cm³/mol. The molecule has 19 heavy (non-hydrogen) atoms. The Morgan fingerprint density at radius 2 is 2.05 bits per heavy atom. The van der Waals surface area contributed by atoms with Crippen LogP contribution in [0.3, 0.4) is 0 Å². The lowest BCUT2D eigenvalue weighted by atomic mass is 10.0. The predicted octanol–water partition coefficient (Wildman–Crippen LogP) is 0.436. The quantitative estimate of drug-likeness (QED) is 0.748. The number of nitrogens with one attached hydrogen (secondary N) is 1. The Balaban J connectivity index is 2.50. The van der Waals surface area contributed by atoms with Gasteiger partial charge in [-0.25, -0.2) is 9.97 Å². The molecule has 0 saturated carbocycles. The second kappa shape index (κ2) is 7.68. The van der Waals surface area contributed by atoms with E-state index < -0.39 is 0 Å². The molecule has 0 aromatic carbocycles. The SMILES string of the molecule is CC(C)C(CCO)NC(=O)CN(C)c1ncccn1. The van der Waals surface area contributed by atoms with Crippen LogP contribution >= 0.6 is 0 Å². The third kappa shape index (κ3) is 5.21. The summed E-state index contributed by atoms with van der Waals surface area (Å²) in [5.41, 5.74) is 0. The van der Waals surface area contributed by atoms with E-state index in [1.54, 1.807) is 30.4 Å². The van der Waals surface area contributed by atoms with Gasteiger partial charge < -0.3 is 15.3 Å². The summed E-state index contributed by atoms with van der Waals surface area (Å²) in [5, 5.41) is 11.9. The number of likely N-dealkylation sites (N-methyl/N-ethyl adjacent to an activating group) is 1. The Labute approximate surface area is 113 Å². The van der Waals surface area contributed by atoms with E-state index in [0.717, 1.165) is 0 Å². The number of hydrogen-bond donors (Lipinski definition) is 2. The van der Waals surface area contributed by atoms with Gasteiger partial charge in [0.1, 0.15) is 0 Å². The largest absolute Gasteiger partial charge is 0.396 e. The second-order valence-electron chi connectivity index (χ2n) is 4.84. The normalized spacial score (nSPS) is 12.3. The van der Waals surface area contributed by atoms with Crippen LogP contribution in [0.25, 0.3) is 0 Å². The van der Waals surface area contributed by atoms with E-state index in [1.165, 1.54) is 0 Å². The minimum absolute atomic E-state index is 0.0115. The number of anilines is 1. The molecule has 1 aromatic rings. The lowest BCUT2D eigenvalue weighted by molar-refractivity contribution is -0.120. The lowest BCUT2D eigenvalue weighted by Crippen LogP contribution is -2.44. The van der Waals surface area contributed by atoms with Gasteiger partial charge >= 0.3 is 0 Å². The minimum atomic E-state index is -0.0953. The van der Waals surface area contributed by atoms with Gasteiger partial charge in [0.05, 0.1) is 6.54 Å². The van der Waals surface area contributed by atoms with Crippen molar-refractivity contribution in [3.05, 3.63) is 18.5 Å². The molecule has 0 spiro atoms. The summed E-state index contributed by atoms with van der Waals surface area (Å²) in [6.45, 7) is 4.30. The standard InChI is InChI=1S/C13H22N4O2/c1-10(2)11(5-8-18)16-12(19)9-17(3)13-14-6-4-7-15-13/h4,6-7,10-11,18H,5,8-9H2,1-3H3,(H,16,19). The lowest BCUT2D eigenvalue weighted by Gasteiger charge is -2.23. The zero-order valence-corrected chi connectivity index (χ0v) is 11.7. The average Bonchev–Trinajstić information content (AvgIpc) is 2.39. The van der Waals surface area contributed by atoms with Gasteiger partial charge in [-0.3, -0.25) is 4.79 Å². The summed E-state index contributed by atoms with van der Waals surface area (Å²) in [7, 11) is 1.77. The number of carbonyl (C=O) groups excluding carboxylic acids is 1. The molecule has 1 atom stereocenters. The molecule has 1 amide bonds. The van der Waals surface area contributed by atoms with Crippen molar-refractivity contribution in [2.75, 3.05) is 25.1 Å². The Kier molecular flexibility index (Phi) is 6.21. The molecule has 2 N–H and O–H groups in total. The van der Waals surface area contributed by atoms with Crippen LogP contribution in [0.5, 0.6) is 0 Å². The smallest absolute Gasteiger partial charge is 0.239 e. The van der Waals surface area contributed by atoms with Crippen LogP contribution in [0.2, 0.25) is 0 Å². The molecular weight excluding hydrogens is 244 g/mol. The number of carbonyl (C=O) groups is 1. The van der Waals surface area contributed by atoms with Crippen molar-refractivity contribution in [1.82, 2.24) is 15.3 Å². The molecule has 0 radical (unpaired) electrons. The zero-order chi connectivity index (χ0) is 14.3. The van der Waals surface area contributed by atoms with Gasteiger partial charge in [0.25, 0.3) is 0 Å². The van der Waals surface area contributed by atoms with Crippen molar-refractivity contribution in [2.24, 2.45) is 5.92 Å². The molecule has 0 saturated heterocycles. The first-order chi connectivity index (χ1) is 9.04. The van der Waals surface area contributed by atoms with E-state index >= 15 is 0 Å². The monoisotopic (exact) mass is 266 g/mol. The Morgan fingerprint density at radius 1 is 1.42 bits per heavy atom. The van der Waals surface area contributed by atoms with Crippen molar-refractivity contribution in [3.63, 3.8) is 0 Å². The van der Waals surface area contributed by atoms with Gasteiger partial charge in [-0.05, 0) is 18.4 Å². The molecule has 0 aliphatic carbocycles. The Morgan fingerprint density at radius 3 is 2.58 bits per heavy atom. The van der Waals surface area contributed by atoms with Gasteiger partial charge in [-0.2, -0.15) is 0 Å². The molecule has 0 aliphatic rings. The Bertz CT molecular complexity index is 383. The molecule has 106 valence electrons. The number of aliphatic hydroxyl groups excluding tert-OH is 1. The van der Waals surface area contributed by atoms with Crippen molar-refractivity contribution < 1.29 is 9.90 Å². The van der Waals surface area contributed by atoms with Crippen molar-refractivity contribution in [1.29, 1.82) is 0 Å². The van der Waals surface area contributed by atoms with E-state index in [1.807, 2.05) is 13.8 Å². The molecule has 0 aliphatic heterocycles. The van der Waals surface area contributed by atoms with E-state index in [9.17, 15) is 4.79 Å². The summed E-state index contributed by atoms with van der Waals surface area (Å²) < 4.78 is 0. The summed E-state index contributed by atoms with van der Waals surface area (Å²) in [4.78, 5) is 21.8. The average molecular weight is 266 g/mol. The summed E-state index contributed by atoms with van der Waals surface area (Å²) in [5.74, 6) is 0.706. The number of hydrogen-bond acceptors (Lipinski definition) is 5. The van der Waals surface area contributed by atoms with Crippen LogP contribution < -0.4 is 10.2 Å². The highest BCUT2D eigenvalue weighted by atomic mass is 16.3. The minimum Gasteiger partial charge on any atom is -0.396 e. The van der Waals surface area contributed by atoms with Crippen molar-refractivity contribution in [3.8, 4) is 0 Å². The van der Waals surface area contributed by atoms with Crippen LogP contribution in [0.1, 0.15) is 20.3 Å². The van der Waals surface area contributed by atoms with Crippen LogP contribution in [-0.2, 0) is 4.79 Å². The maximum Gasteiger partial charge on any atom is 0.239 e. The zero-order valence-electron chi connectivity index (χ0n) is 11.7. The highest BCUT2D eigenvalue weighted by molar-refractivity contribution is 5.80. The third-order valence-corrected chi connectivity index (χ3v) is 2.87. The van der Waals surface area contributed by atoms with Crippen molar-refractivity contribution >= 4 is 11.9 Å². The second-order valence-corrected chi connectivity index (χ2v) is 4.84.